The molecule has 0 spiro atoms. The molecule has 23 heavy (non-hydrogen) atoms. The van der Waals surface area contributed by atoms with Gasteiger partial charge in [-0.25, -0.2) is 9.59 Å². The lowest BCUT2D eigenvalue weighted by atomic mass is 10.1. The summed E-state index contributed by atoms with van der Waals surface area (Å²) in [6, 6.07) is 6.57. The third-order valence-electron chi connectivity index (χ3n) is 2.97. The Labute approximate surface area is 138 Å². The Morgan fingerprint density at radius 3 is 2.57 bits per heavy atom. The van der Waals surface area contributed by atoms with Gasteiger partial charge < -0.3 is 20.3 Å². The molecule has 0 fully saturated rings. The largest absolute Gasteiger partial charge is 0.413 e. The summed E-state index contributed by atoms with van der Waals surface area (Å²) in [4.78, 5) is 25.4. The second-order valence-electron chi connectivity index (χ2n) is 6.50. The molecule has 0 heterocycles. The average molecular weight is 321 g/mol. The smallest absolute Gasteiger partial charge is 0.410 e. The third-order valence-corrected chi connectivity index (χ3v) is 2.97. The summed E-state index contributed by atoms with van der Waals surface area (Å²) < 4.78 is 5.22. The number of unbranched alkanes of at least 4 members (excludes halogenated alkanes) is 1. The van der Waals surface area contributed by atoms with Crippen molar-refractivity contribution in [2.75, 3.05) is 18.9 Å². The molecule has 0 unspecified atom stereocenters. The summed E-state index contributed by atoms with van der Waals surface area (Å²) in [6.45, 7) is 8.40. The van der Waals surface area contributed by atoms with Crippen LogP contribution in [0, 0.1) is 0 Å². The van der Waals surface area contributed by atoms with Crippen molar-refractivity contribution in [1.29, 1.82) is 0 Å². The van der Waals surface area contributed by atoms with E-state index < -0.39 is 6.09 Å². The number of urea groups is 1. The van der Waals surface area contributed by atoms with Gasteiger partial charge in [-0.1, -0.05) is 19.4 Å². The van der Waals surface area contributed by atoms with Crippen LogP contribution < -0.4 is 15.4 Å². The standard InChI is InChI=1S/C17H27N3O3/c1-6-7-11-20(5)15(21)18-13-9-8-10-14(12-13)23-16(22)19-17(2,3)4/h8-10,12H,6-7,11H2,1-5H3,(H,18,21)(H,19,22). The Morgan fingerprint density at radius 2 is 1.96 bits per heavy atom. The zero-order valence-electron chi connectivity index (χ0n) is 14.6. The van der Waals surface area contributed by atoms with Gasteiger partial charge in [-0.3, -0.25) is 0 Å². The number of hydrogen-bond donors (Lipinski definition) is 2. The van der Waals surface area contributed by atoms with Gasteiger partial charge in [0.15, 0.2) is 0 Å². The van der Waals surface area contributed by atoms with E-state index in [-0.39, 0.29) is 11.6 Å². The van der Waals surface area contributed by atoms with E-state index in [0.29, 0.717) is 18.0 Å². The highest BCUT2D eigenvalue weighted by Gasteiger charge is 2.15. The number of anilines is 1. The van der Waals surface area contributed by atoms with E-state index in [2.05, 4.69) is 17.6 Å². The fourth-order valence-corrected chi connectivity index (χ4v) is 1.79. The quantitative estimate of drug-likeness (QED) is 0.865. The molecule has 0 saturated heterocycles. The molecule has 0 aliphatic rings. The number of nitrogens with one attached hydrogen (secondary N) is 2. The van der Waals surface area contributed by atoms with Crippen LogP contribution in [0.5, 0.6) is 5.75 Å². The van der Waals surface area contributed by atoms with E-state index >= 15 is 0 Å². The van der Waals surface area contributed by atoms with Crippen molar-refractivity contribution in [3.63, 3.8) is 0 Å². The Balaban J connectivity index is 2.63. The lowest BCUT2D eigenvalue weighted by Crippen LogP contribution is -2.42. The number of amides is 3. The fraction of sp³-hybridized carbons (Fsp3) is 0.529. The first kappa shape index (κ1) is 18.8. The number of rotatable bonds is 5. The van der Waals surface area contributed by atoms with Crippen LogP contribution in [0.4, 0.5) is 15.3 Å². The molecule has 128 valence electrons. The maximum atomic E-state index is 12.0. The molecule has 1 aromatic rings. The van der Waals surface area contributed by atoms with Gasteiger partial charge in [-0.2, -0.15) is 0 Å². The first-order valence-corrected chi connectivity index (χ1v) is 7.83. The molecule has 0 aliphatic carbocycles. The molecule has 1 rings (SSSR count). The van der Waals surface area contributed by atoms with Gasteiger partial charge in [0, 0.05) is 30.9 Å². The van der Waals surface area contributed by atoms with E-state index in [1.807, 2.05) is 20.8 Å². The van der Waals surface area contributed by atoms with Gasteiger partial charge in [-0.05, 0) is 39.3 Å². The van der Waals surface area contributed by atoms with Crippen molar-refractivity contribution in [3.05, 3.63) is 24.3 Å². The van der Waals surface area contributed by atoms with Crippen LogP contribution in [0.1, 0.15) is 40.5 Å². The number of benzene rings is 1. The lowest BCUT2D eigenvalue weighted by molar-refractivity contribution is 0.190. The lowest BCUT2D eigenvalue weighted by Gasteiger charge is -2.20. The maximum Gasteiger partial charge on any atom is 0.413 e. The summed E-state index contributed by atoms with van der Waals surface area (Å²) >= 11 is 0. The molecular formula is C17H27N3O3. The zero-order chi connectivity index (χ0) is 17.5. The summed E-state index contributed by atoms with van der Waals surface area (Å²) in [7, 11) is 1.75. The van der Waals surface area contributed by atoms with Crippen LogP contribution in [-0.4, -0.2) is 36.2 Å². The van der Waals surface area contributed by atoms with Crippen LogP contribution in [-0.2, 0) is 0 Å². The van der Waals surface area contributed by atoms with Gasteiger partial charge >= 0.3 is 12.1 Å². The number of nitrogens with zero attached hydrogens (tertiary/aromatic N) is 1. The normalized spacial score (nSPS) is 10.8. The Bertz CT molecular complexity index is 538. The topological polar surface area (TPSA) is 70.7 Å². The van der Waals surface area contributed by atoms with E-state index in [1.165, 1.54) is 0 Å². The molecule has 0 saturated carbocycles. The molecule has 0 atom stereocenters. The summed E-state index contributed by atoms with van der Waals surface area (Å²) in [5.74, 6) is 0.376. The van der Waals surface area contributed by atoms with Gasteiger partial charge in [0.25, 0.3) is 0 Å². The molecule has 0 bridgehead atoms. The number of ether oxygens (including phenoxy) is 1. The van der Waals surface area contributed by atoms with Crippen LogP contribution in [0.2, 0.25) is 0 Å². The highest BCUT2D eigenvalue weighted by atomic mass is 16.6. The zero-order valence-corrected chi connectivity index (χ0v) is 14.6. The maximum absolute atomic E-state index is 12.0. The van der Waals surface area contributed by atoms with Crippen molar-refractivity contribution in [2.24, 2.45) is 0 Å². The highest BCUT2D eigenvalue weighted by Crippen LogP contribution is 2.18. The van der Waals surface area contributed by atoms with Crippen LogP contribution in [0.25, 0.3) is 0 Å². The van der Waals surface area contributed by atoms with Crippen molar-refractivity contribution < 1.29 is 14.3 Å². The van der Waals surface area contributed by atoms with Gasteiger partial charge in [0.1, 0.15) is 5.75 Å². The molecule has 3 amide bonds. The predicted molar refractivity (Wildman–Crippen MR) is 91.9 cm³/mol. The molecule has 6 heteroatoms. The number of hydrogen-bond acceptors (Lipinski definition) is 3. The van der Waals surface area contributed by atoms with Crippen LogP contribution >= 0.6 is 0 Å². The number of carbonyl (C=O) groups excluding carboxylic acids is 2. The second kappa shape index (κ2) is 8.41. The SMILES string of the molecule is CCCCN(C)C(=O)Nc1cccc(OC(=O)NC(C)(C)C)c1. The second-order valence-corrected chi connectivity index (χ2v) is 6.50. The monoisotopic (exact) mass is 321 g/mol. The van der Waals surface area contributed by atoms with E-state index in [9.17, 15) is 9.59 Å². The first-order valence-electron chi connectivity index (χ1n) is 7.83. The minimum absolute atomic E-state index is 0.185. The average Bonchev–Trinajstić information content (AvgIpc) is 2.42. The molecule has 0 aliphatic heterocycles. The van der Waals surface area contributed by atoms with Gasteiger partial charge in [0.2, 0.25) is 0 Å². The van der Waals surface area contributed by atoms with Gasteiger partial charge in [0.05, 0.1) is 0 Å². The molecule has 0 aromatic heterocycles. The first-order chi connectivity index (χ1) is 10.7. The van der Waals surface area contributed by atoms with Crippen molar-refractivity contribution in [2.45, 2.75) is 46.1 Å². The highest BCUT2D eigenvalue weighted by molar-refractivity contribution is 5.89. The Kier molecular flexibility index (Phi) is 6.88. The summed E-state index contributed by atoms with van der Waals surface area (Å²) in [5, 5.41) is 5.50. The predicted octanol–water partition coefficient (Wildman–Crippen LogP) is 3.84. The molecule has 1 aromatic carbocycles. The molecule has 6 nitrogen and oxygen atoms in total. The van der Waals surface area contributed by atoms with E-state index in [1.54, 1.807) is 36.2 Å². The Hall–Kier alpha value is -2.24. The minimum atomic E-state index is -0.527. The molecule has 0 radical (unpaired) electrons. The molecule has 2 N–H and O–H groups in total. The van der Waals surface area contributed by atoms with Crippen LogP contribution in [0.3, 0.4) is 0 Å². The van der Waals surface area contributed by atoms with Crippen LogP contribution in [0.15, 0.2) is 24.3 Å². The fourth-order valence-electron chi connectivity index (χ4n) is 1.79. The van der Waals surface area contributed by atoms with E-state index in [0.717, 1.165) is 12.8 Å². The molecular weight excluding hydrogens is 294 g/mol. The minimum Gasteiger partial charge on any atom is -0.410 e. The van der Waals surface area contributed by atoms with E-state index in [4.69, 9.17) is 4.74 Å². The third kappa shape index (κ3) is 7.54. The summed E-state index contributed by atoms with van der Waals surface area (Å²) in [5.41, 5.74) is 0.213. The Morgan fingerprint density at radius 1 is 1.26 bits per heavy atom. The van der Waals surface area contributed by atoms with Gasteiger partial charge in [-0.15, -0.1) is 0 Å². The van der Waals surface area contributed by atoms with Crippen molar-refractivity contribution in [3.8, 4) is 5.75 Å². The summed E-state index contributed by atoms with van der Waals surface area (Å²) in [6.07, 6.45) is 1.46. The van der Waals surface area contributed by atoms with Crippen molar-refractivity contribution in [1.82, 2.24) is 10.2 Å². The number of carbonyl (C=O) groups is 2. The van der Waals surface area contributed by atoms with Crippen molar-refractivity contribution >= 4 is 17.8 Å².